The second-order valence-corrected chi connectivity index (χ2v) is 10.1. The summed E-state index contributed by atoms with van der Waals surface area (Å²) < 4.78 is 14.6. The van der Waals surface area contributed by atoms with Crippen LogP contribution in [0.25, 0.3) is 0 Å². The van der Waals surface area contributed by atoms with Crippen molar-refractivity contribution in [1.82, 2.24) is 4.31 Å². The first-order chi connectivity index (χ1) is 11.3. The lowest BCUT2D eigenvalue weighted by atomic mass is 9.47. The number of rotatable bonds is 9. The Morgan fingerprint density at radius 2 is 1.83 bits per heavy atom. The number of carbonyl (C=O) groups excluding carboxylic acids is 1. The molecule has 0 spiro atoms. The van der Waals surface area contributed by atoms with Gasteiger partial charge in [0, 0.05) is 11.3 Å². The summed E-state index contributed by atoms with van der Waals surface area (Å²) in [7, 11) is -1.12. The maximum Gasteiger partial charge on any atom is 0.237 e. The van der Waals surface area contributed by atoms with Gasteiger partial charge >= 0.3 is 0 Å². The first-order valence-corrected chi connectivity index (χ1v) is 11.3. The molecule has 1 heterocycles. The lowest BCUT2D eigenvalue weighted by molar-refractivity contribution is -0.145. The molecular formula is C20H37NO2S. The Morgan fingerprint density at radius 3 is 2.42 bits per heavy atom. The van der Waals surface area contributed by atoms with Gasteiger partial charge in [-0.3, -0.25) is 9.10 Å². The topological polar surface area (TPSA) is 37.4 Å². The van der Waals surface area contributed by atoms with Gasteiger partial charge in [-0.1, -0.05) is 73.1 Å². The van der Waals surface area contributed by atoms with E-state index in [1.807, 2.05) is 6.92 Å². The van der Waals surface area contributed by atoms with E-state index in [1.54, 1.807) is 4.31 Å². The van der Waals surface area contributed by atoms with Crippen LogP contribution in [0.4, 0.5) is 0 Å². The molecule has 0 N–H and O–H groups in total. The third-order valence-electron chi connectivity index (χ3n) is 6.65. The number of hydrogen-bond acceptors (Lipinski definition) is 2. The van der Waals surface area contributed by atoms with Crippen molar-refractivity contribution in [2.75, 3.05) is 5.75 Å². The predicted molar refractivity (Wildman–Crippen MR) is 102 cm³/mol. The van der Waals surface area contributed by atoms with Gasteiger partial charge in [-0.15, -0.1) is 0 Å². The average Bonchev–Trinajstić information content (AvgIpc) is 2.76. The molecule has 2 fully saturated rings. The molecule has 1 saturated heterocycles. The summed E-state index contributed by atoms with van der Waals surface area (Å²) in [5, 5.41) is 0. The molecule has 3 nitrogen and oxygen atoms in total. The molecule has 2 aliphatic rings. The minimum absolute atomic E-state index is 0.0108. The zero-order valence-corrected chi connectivity index (χ0v) is 17.2. The third kappa shape index (κ3) is 3.45. The highest BCUT2D eigenvalue weighted by molar-refractivity contribution is 7.83. The van der Waals surface area contributed by atoms with Crippen molar-refractivity contribution in [3.8, 4) is 0 Å². The van der Waals surface area contributed by atoms with Crippen molar-refractivity contribution in [3.63, 3.8) is 0 Å². The van der Waals surface area contributed by atoms with Gasteiger partial charge in [0.25, 0.3) is 0 Å². The van der Waals surface area contributed by atoms with Gasteiger partial charge in [-0.25, -0.2) is 4.21 Å². The van der Waals surface area contributed by atoms with Crippen molar-refractivity contribution in [1.29, 1.82) is 0 Å². The Labute approximate surface area is 151 Å². The Kier molecular flexibility index (Phi) is 6.55. The van der Waals surface area contributed by atoms with E-state index >= 15 is 0 Å². The van der Waals surface area contributed by atoms with Crippen molar-refractivity contribution in [3.05, 3.63) is 0 Å². The standard InChI is InChI=1S/C20H37NO2S/c1-6-8-9-10-11-12-16(3)18(22)21-17-14-19(4,5)20(17,13-7-2)15-24(21)23/h16-17H,6-15H2,1-5H3. The van der Waals surface area contributed by atoms with Gasteiger partial charge in [0.15, 0.2) is 0 Å². The first-order valence-electron chi connectivity index (χ1n) is 10.0. The van der Waals surface area contributed by atoms with Crippen LogP contribution in [0, 0.1) is 16.7 Å². The van der Waals surface area contributed by atoms with Gasteiger partial charge in [-0.05, 0) is 24.7 Å². The smallest absolute Gasteiger partial charge is 0.237 e. The highest BCUT2D eigenvalue weighted by Crippen LogP contribution is 2.64. The van der Waals surface area contributed by atoms with Crippen LogP contribution >= 0.6 is 0 Å². The quantitative estimate of drug-likeness (QED) is 0.541. The molecule has 4 atom stereocenters. The van der Waals surface area contributed by atoms with Crippen molar-refractivity contribution in [2.24, 2.45) is 16.7 Å². The molecule has 140 valence electrons. The maximum atomic E-state index is 13.0. The molecule has 0 aromatic heterocycles. The summed E-state index contributed by atoms with van der Waals surface area (Å²) in [6, 6.07) is 0.211. The molecule has 24 heavy (non-hydrogen) atoms. The highest BCUT2D eigenvalue weighted by Gasteiger charge is 2.68. The van der Waals surface area contributed by atoms with Crippen LogP contribution in [-0.2, 0) is 15.8 Å². The summed E-state index contributed by atoms with van der Waals surface area (Å²) in [6.07, 6.45) is 10.3. The SMILES string of the molecule is CCCCCCCC(C)C(=O)N1C2CC(C)(C)C2(CCC)CS1=O. The van der Waals surface area contributed by atoms with Gasteiger partial charge < -0.3 is 0 Å². The Balaban J connectivity index is 1.96. The van der Waals surface area contributed by atoms with E-state index in [-0.39, 0.29) is 28.7 Å². The number of unbranched alkanes of at least 4 members (excludes halogenated alkanes) is 4. The van der Waals surface area contributed by atoms with Crippen LogP contribution in [0.15, 0.2) is 0 Å². The third-order valence-corrected chi connectivity index (χ3v) is 8.28. The van der Waals surface area contributed by atoms with Crippen LogP contribution in [0.3, 0.4) is 0 Å². The van der Waals surface area contributed by atoms with E-state index in [0.29, 0.717) is 5.75 Å². The normalized spacial score (nSPS) is 32.3. The van der Waals surface area contributed by atoms with E-state index in [4.69, 9.17) is 0 Å². The van der Waals surface area contributed by atoms with E-state index in [9.17, 15) is 9.00 Å². The van der Waals surface area contributed by atoms with Gasteiger partial charge in [-0.2, -0.15) is 0 Å². The second kappa shape index (κ2) is 7.88. The molecule has 0 radical (unpaired) electrons. The number of carbonyl (C=O) groups is 1. The predicted octanol–water partition coefficient (Wildman–Crippen LogP) is 5.07. The first kappa shape index (κ1) is 19.9. The number of nitrogens with zero attached hydrogens (tertiary/aromatic N) is 1. The summed E-state index contributed by atoms with van der Waals surface area (Å²) in [5.41, 5.74) is 0.297. The molecule has 1 aliphatic heterocycles. The molecular weight excluding hydrogens is 318 g/mol. The van der Waals surface area contributed by atoms with Crippen LogP contribution in [0.2, 0.25) is 0 Å². The van der Waals surface area contributed by atoms with E-state index in [0.717, 1.165) is 32.1 Å². The summed E-state index contributed by atoms with van der Waals surface area (Å²) in [5.74, 6) is 0.840. The Hall–Kier alpha value is -0.380. The van der Waals surface area contributed by atoms with E-state index < -0.39 is 11.0 Å². The number of amides is 1. The summed E-state index contributed by atoms with van der Waals surface area (Å²) in [6.45, 7) is 11.0. The van der Waals surface area contributed by atoms with Gasteiger partial charge in [0.05, 0.1) is 11.8 Å². The zero-order valence-electron chi connectivity index (χ0n) is 16.4. The van der Waals surface area contributed by atoms with Crippen LogP contribution in [0.1, 0.15) is 92.4 Å². The number of hydrogen-bond donors (Lipinski definition) is 0. The summed E-state index contributed by atoms with van der Waals surface area (Å²) >= 11 is 0. The van der Waals surface area contributed by atoms with E-state index in [2.05, 4.69) is 27.7 Å². The maximum absolute atomic E-state index is 13.0. The fourth-order valence-electron chi connectivity index (χ4n) is 4.90. The van der Waals surface area contributed by atoms with Crippen LogP contribution in [-0.4, -0.2) is 26.2 Å². The molecule has 4 unspecified atom stereocenters. The molecule has 0 aromatic carbocycles. The largest absolute Gasteiger partial charge is 0.274 e. The monoisotopic (exact) mass is 355 g/mol. The lowest BCUT2D eigenvalue weighted by Gasteiger charge is -2.59. The lowest BCUT2D eigenvalue weighted by Crippen LogP contribution is -2.62. The van der Waals surface area contributed by atoms with Gasteiger partial charge in [0.2, 0.25) is 5.91 Å². The van der Waals surface area contributed by atoms with Crippen LogP contribution in [0.5, 0.6) is 0 Å². The fourth-order valence-corrected chi connectivity index (χ4v) is 7.15. The van der Waals surface area contributed by atoms with E-state index in [1.165, 1.54) is 25.7 Å². The highest BCUT2D eigenvalue weighted by atomic mass is 32.2. The fraction of sp³-hybridized carbons (Fsp3) is 0.950. The molecule has 1 amide bonds. The van der Waals surface area contributed by atoms with Crippen LogP contribution < -0.4 is 0 Å². The van der Waals surface area contributed by atoms with Crippen molar-refractivity contribution < 1.29 is 9.00 Å². The molecule has 0 aromatic rings. The number of fused-ring (bicyclic) bond motifs is 1. The zero-order chi connectivity index (χ0) is 18.0. The molecule has 4 heteroatoms. The van der Waals surface area contributed by atoms with Crippen molar-refractivity contribution >= 4 is 16.9 Å². The molecule has 2 rings (SSSR count). The minimum Gasteiger partial charge on any atom is -0.274 e. The molecule has 1 aliphatic carbocycles. The Bertz CT molecular complexity index is 476. The minimum atomic E-state index is -1.12. The second-order valence-electron chi connectivity index (χ2n) is 8.74. The Morgan fingerprint density at radius 1 is 1.17 bits per heavy atom. The molecule has 0 bridgehead atoms. The van der Waals surface area contributed by atoms with Crippen molar-refractivity contribution in [2.45, 2.75) is 98.4 Å². The summed E-state index contributed by atoms with van der Waals surface area (Å²) in [4.78, 5) is 13.0. The average molecular weight is 356 g/mol. The van der Waals surface area contributed by atoms with Gasteiger partial charge in [0.1, 0.15) is 11.0 Å². The molecule has 1 saturated carbocycles.